The summed E-state index contributed by atoms with van der Waals surface area (Å²) < 4.78 is 44.2. The molecule has 1 atom stereocenters. The molecule has 0 aliphatic carbocycles. The van der Waals surface area contributed by atoms with Crippen molar-refractivity contribution in [1.29, 1.82) is 0 Å². The smallest absolute Gasteiger partial charge is 0.433 e. The number of aliphatic hydroxyl groups is 1. The van der Waals surface area contributed by atoms with Crippen LogP contribution in [0.2, 0.25) is 0 Å². The van der Waals surface area contributed by atoms with Crippen molar-refractivity contribution < 1.29 is 37.1 Å². The molecule has 0 unspecified atom stereocenters. The van der Waals surface area contributed by atoms with E-state index in [-0.39, 0.29) is 18.0 Å². The number of furan rings is 1. The van der Waals surface area contributed by atoms with Crippen molar-refractivity contribution in [2.24, 2.45) is 0 Å². The zero-order chi connectivity index (χ0) is 27.4. The molecule has 9 nitrogen and oxygen atoms in total. The van der Waals surface area contributed by atoms with E-state index >= 15 is 0 Å². The van der Waals surface area contributed by atoms with Crippen LogP contribution in [0.4, 0.5) is 13.2 Å². The molecule has 3 amide bonds. The molecule has 3 rings (SSSR count). The number of carbonyl (C=O) groups is 3. The Hall–Kier alpha value is -4.19. The fourth-order valence-electron chi connectivity index (χ4n) is 3.35. The molecular weight excluding hydrogens is 493 g/mol. The summed E-state index contributed by atoms with van der Waals surface area (Å²) in [4.78, 5) is 40.3. The third-order valence-electron chi connectivity index (χ3n) is 5.26. The van der Waals surface area contributed by atoms with Crippen LogP contribution in [0.15, 0.2) is 59.0 Å². The highest BCUT2D eigenvalue weighted by atomic mass is 19.4. The minimum Gasteiger partial charge on any atom is -0.451 e. The lowest BCUT2D eigenvalue weighted by Gasteiger charge is -2.28. The fraction of sp³-hybridized carbons (Fsp3) is 0.280. The van der Waals surface area contributed by atoms with Crippen LogP contribution in [-0.2, 0) is 17.5 Å². The number of rotatable bonds is 8. The second-order valence-electron chi connectivity index (χ2n) is 8.63. The first-order valence-corrected chi connectivity index (χ1v) is 11.1. The van der Waals surface area contributed by atoms with Crippen molar-refractivity contribution in [2.75, 3.05) is 7.05 Å². The first-order valence-electron chi connectivity index (χ1n) is 11.1. The van der Waals surface area contributed by atoms with E-state index < -0.39 is 41.2 Å². The van der Waals surface area contributed by atoms with Gasteiger partial charge in [0.05, 0.1) is 5.60 Å². The van der Waals surface area contributed by atoms with Crippen LogP contribution in [0.25, 0.3) is 11.3 Å². The lowest BCUT2D eigenvalue weighted by atomic mass is 9.98. The molecule has 0 fully saturated rings. The summed E-state index contributed by atoms with van der Waals surface area (Å²) in [6.45, 7) is 2.76. The van der Waals surface area contributed by atoms with Crippen LogP contribution in [0.1, 0.15) is 46.1 Å². The van der Waals surface area contributed by atoms with Crippen molar-refractivity contribution in [3.63, 3.8) is 0 Å². The van der Waals surface area contributed by atoms with E-state index in [2.05, 4.69) is 20.9 Å². The van der Waals surface area contributed by atoms with E-state index in [9.17, 15) is 32.7 Å². The molecule has 0 aliphatic heterocycles. The molecule has 12 heteroatoms. The zero-order valence-corrected chi connectivity index (χ0v) is 20.1. The highest BCUT2D eigenvalue weighted by Crippen LogP contribution is 2.27. The maximum atomic E-state index is 12.8. The molecule has 0 bridgehead atoms. The van der Waals surface area contributed by atoms with Gasteiger partial charge in [0.2, 0.25) is 5.91 Å². The molecule has 0 saturated carbocycles. The average Bonchev–Trinajstić information content (AvgIpc) is 3.35. The van der Waals surface area contributed by atoms with Crippen molar-refractivity contribution in [3.8, 4) is 11.3 Å². The Kier molecular flexibility index (Phi) is 8.02. The summed E-state index contributed by atoms with van der Waals surface area (Å²) in [5.74, 6) is -1.84. The molecule has 1 aromatic carbocycles. The Labute approximate surface area is 210 Å². The van der Waals surface area contributed by atoms with E-state index in [0.29, 0.717) is 16.9 Å². The van der Waals surface area contributed by atoms with Gasteiger partial charge in [-0.05, 0) is 49.7 Å². The van der Waals surface area contributed by atoms with Gasteiger partial charge in [0.15, 0.2) is 5.76 Å². The number of alkyl halides is 3. The lowest BCUT2D eigenvalue weighted by molar-refractivity contribution is -0.141. The Morgan fingerprint density at radius 2 is 1.73 bits per heavy atom. The number of likely N-dealkylation sites (N-methyl/N-ethyl adjacent to an activating group) is 1. The lowest BCUT2D eigenvalue weighted by Crippen LogP contribution is -2.57. The predicted molar refractivity (Wildman–Crippen MR) is 126 cm³/mol. The maximum Gasteiger partial charge on any atom is 0.433 e. The van der Waals surface area contributed by atoms with Crippen LogP contribution in [-0.4, -0.2) is 46.5 Å². The average molecular weight is 518 g/mol. The molecule has 2 heterocycles. The molecule has 0 radical (unpaired) electrons. The normalized spacial score (nSPS) is 12.5. The number of hydrogen-bond acceptors (Lipinski definition) is 6. The van der Waals surface area contributed by atoms with Crippen molar-refractivity contribution in [1.82, 2.24) is 20.9 Å². The molecule has 0 aliphatic rings. The minimum atomic E-state index is -4.67. The van der Waals surface area contributed by atoms with Gasteiger partial charge in [-0.3, -0.25) is 14.4 Å². The van der Waals surface area contributed by atoms with Gasteiger partial charge in [0, 0.05) is 19.2 Å². The Balaban J connectivity index is 1.69. The molecule has 2 aromatic heterocycles. The van der Waals surface area contributed by atoms with Crippen LogP contribution in [0, 0.1) is 0 Å². The number of aromatic nitrogens is 1. The summed E-state index contributed by atoms with van der Waals surface area (Å²) in [6, 6.07) is 11.5. The highest BCUT2D eigenvalue weighted by molar-refractivity contribution is 5.96. The quantitative estimate of drug-likeness (QED) is 0.363. The van der Waals surface area contributed by atoms with Gasteiger partial charge in [-0.2, -0.15) is 13.2 Å². The van der Waals surface area contributed by atoms with E-state index in [1.807, 2.05) is 0 Å². The topological polar surface area (TPSA) is 134 Å². The van der Waals surface area contributed by atoms with Gasteiger partial charge < -0.3 is 25.5 Å². The van der Waals surface area contributed by atoms with Crippen LogP contribution >= 0.6 is 0 Å². The standard InChI is InChI=1S/C25H25F3N4O5/c1-24(2,36)20(23(35)29-3)32-22(34)18-11-10-17(37-18)15-7-4-6-14(12-15)13-30-21(33)16-8-5-9-19(31-16)25(26,27)28/h4-12,20,36H,13H2,1-3H3,(H,29,35)(H,30,33)(H,32,34)/t20-/m1/s1. The van der Waals surface area contributed by atoms with Gasteiger partial charge >= 0.3 is 6.18 Å². The molecule has 37 heavy (non-hydrogen) atoms. The van der Waals surface area contributed by atoms with E-state index in [1.165, 1.54) is 39.1 Å². The summed E-state index contributed by atoms with van der Waals surface area (Å²) >= 11 is 0. The molecule has 0 saturated heterocycles. The summed E-state index contributed by atoms with van der Waals surface area (Å²) in [7, 11) is 1.38. The monoisotopic (exact) mass is 518 g/mol. The van der Waals surface area contributed by atoms with Gasteiger partial charge in [-0.1, -0.05) is 24.3 Å². The SMILES string of the molecule is CNC(=O)[C@@H](NC(=O)c1ccc(-c2cccc(CNC(=O)c3cccc(C(F)(F)F)n3)c2)o1)C(C)(C)O. The number of nitrogens with zero attached hydrogens (tertiary/aromatic N) is 1. The van der Waals surface area contributed by atoms with E-state index in [1.54, 1.807) is 24.3 Å². The van der Waals surface area contributed by atoms with Crippen LogP contribution in [0.3, 0.4) is 0 Å². The number of benzene rings is 1. The predicted octanol–water partition coefficient (Wildman–Crippen LogP) is 2.91. The number of nitrogens with one attached hydrogen (secondary N) is 3. The summed E-state index contributed by atoms with van der Waals surface area (Å²) in [6.07, 6.45) is -4.67. The third-order valence-corrected chi connectivity index (χ3v) is 5.26. The first kappa shape index (κ1) is 27.4. The molecule has 0 spiro atoms. The van der Waals surface area contributed by atoms with Gasteiger partial charge in [-0.15, -0.1) is 0 Å². The van der Waals surface area contributed by atoms with Crippen molar-refractivity contribution >= 4 is 17.7 Å². The second kappa shape index (κ2) is 10.8. The number of hydrogen-bond donors (Lipinski definition) is 4. The fourth-order valence-corrected chi connectivity index (χ4v) is 3.35. The van der Waals surface area contributed by atoms with E-state index in [4.69, 9.17) is 4.42 Å². The molecule has 4 N–H and O–H groups in total. The van der Waals surface area contributed by atoms with Crippen LogP contribution in [0.5, 0.6) is 0 Å². The van der Waals surface area contributed by atoms with Crippen LogP contribution < -0.4 is 16.0 Å². The highest BCUT2D eigenvalue weighted by Gasteiger charge is 2.35. The van der Waals surface area contributed by atoms with E-state index in [0.717, 1.165) is 12.1 Å². The largest absolute Gasteiger partial charge is 0.451 e. The zero-order valence-electron chi connectivity index (χ0n) is 20.1. The maximum absolute atomic E-state index is 12.8. The minimum absolute atomic E-state index is 0.00194. The Bertz CT molecular complexity index is 1300. The third kappa shape index (κ3) is 6.94. The van der Waals surface area contributed by atoms with Gasteiger partial charge in [0.1, 0.15) is 23.2 Å². The molecular formula is C25H25F3N4O5. The molecule has 3 aromatic rings. The summed E-state index contributed by atoms with van der Waals surface area (Å²) in [5.41, 5.74) is -1.89. The number of carbonyl (C=O) groups excluding carboxylic acids is 3. The number of amides is 3. The number of pyridine rings is 1. The Morgan fingerprint density at radius 3 is 2.38 bits per heavy atom. The second-order valence-corrected chi connectivity index (χ2v) is 8.63. The van der Waals surface area contributed by atoms with Gasteiger partial charge in [0.25, 0.3) is 11.8 Å². The van der Waals surface area contributed by atoms with Crippen molar-refractivity contribution in [3.05, 3.63) is 77.3 Å². The van der Waals surface area contributed by atoms with Gasteiger partial charge in [-0.25, -0.2) is 4.98 Å². The molecule has 196 valence electrons. The summed E-state index contributed by atoms with van der Waals surface area (Å²) in [5, 5.41) is 17.6. The first-order chi connectivity index (χ1) is 17.3. The number of halogens is 3. The Morgan fingerprint density at radius 1 is 1.03 bits per heavy atom. The van der Waals surface area contributed by atoms with Crippen molar-refractivity contribution in [2.45, 2.75) is 38.2 Å².